The number of hydrogen-bond donors (Lipinski definition) is 0. The third kappa shape index (κ3) is 3.11. The van der Waals surface area contributed by atoms with Gasteiger partial charge in [-0.3, -0.25) is 0 Å². The molecular weight excluding hydrogens is 247 g/mol. The van der Waals surface area contributed by atoms with Crippen molar-refractivity contribution in [1.82, 2.24) is 0 Å². The Morgan fingerprint density at radius 1 is 1.00 bits per heavy atom. The van der Waals surface area contributed by atoms with Gasteiger partial charge in [-0.15, -0.1) is 0 Å². The van der Waals surface area contributed by atoms with Gasteiger partial charge >= 0.3 is 0 Å². The topological polar surface area (TPSA) is 0 Å². The Morgan fingerprint density at radius 3 is 2.21 bits per heavy atom. The van der Waals surface area contributed by atoms with Crippen molar-refractivity contribution in [3.05, 3.63) is 41.5 Å². The molecule has 2 unspecified atom stereocenters. The van der Waals surface area contributed by atoms with Gasteiger partial charge in [-0.1, -0.05) is 77.3 Å². The molecule has 0 amide bonds. The van der Waals surface area contributed by atoms with Crippen LogP contribution >= 0.6 is 8.58 Å². The molecule has 1 aliphatic carbocycles. The van der Waals surface area contributed by atoms with Gasteiger partial charge in [0, 0.05) is 5.16 Å². The Hall–Kier alpha value is -0.610. The number of hydrogen-bond acceptors (Lipinski definition) is 0. The molecule has 2 rings (SSSR count). The van der Waals surface area contributed by atoms with Crippen LogP contribution in [0.15, 0.2) is 41.5 Å². The summed E-state index contributed by atoms with van der Waals surface area (Å²) in [5.74, 6) is 0. The van der Waals surface area contributed by atoms with Crippen LogP contribution in [-0.2, 0) is 0 Å². The first-order valence-electron chi connectivity index (χ1n) is 7.37. The van der Waals surface area contributed by atoms with Gasteiger partial charge in [0.15, 0.2) is 0 Å². The molecule has 0 heterocycles. The summed E-state index contributed by atoms with van der Waals surface area (Å²) in [6.45, 7) is 12.0. The minimum Gasteiger partial charge on any atom is -0.0801 e. The molecule has 0 aromatic heterocycles. The zero-order chi connectivity index (χ0) is 14.1. The first-order chi connectivity index (χ1) is 8.85. The smallest absolute Gasteiger partial charge is 0.0106 e. The molecule has 0 aliphatic heterocycles. The fourth-order valence-electron chi connectivity index (χ4n) is 4.07. The Labute approximate surface area is 120 Å². The van der Waals surface area contributed by atoms with Crippen LogP contribution < -0.4 is 5.30 Å². The Balaban J connectivity index is 2.37. The average Bonchev–Trinajstić information content (AvgIpc) is 2.27. The second kappa shape index (κ2) is 5.41. The van der Waals surface area contributed by atoms with Gasteiger partial charge in [0.25, 0.3) is 0 Å². The number of rotatable bonds is 2. The maximum absolute atomic E-state index is 2.49. The van der Waals surface area contributed by atoms with Crippen molar-refractivity contribution >= 4 is 13.9 Å². The van der Waals surface area contributed by atoms with Crippen molar-refractivity contribution in [2.45, 2.75) is 59.0 Å². The molecule has 0 radical (unpaired) electrons. The van der Waals surface area contributed by atoms with Crippen molar-refractivity contribution in [2.24, 2.45) is 5.41 Å². The van der Waals surface area contributed by atoms with Crippen molar-refractivity contribution in [3.63, 3.8) is 0 Å². The van der Waals surface area contributed by atoms with E-state index in [0.717, 1.165) is 8.58 Å². The fraction of sp³-hybridized carbons (Fsp3) is 0.556. The van der Waals surface area contributed by atoms with E-state index in [0.29, 0.717) is 10.6 Å². The van der Waals surface area contributed by atoms with Gasteiger partial charge in [-0.05, 0) is 37.4 Å². The van der Waals surface area contributed by atoms with E-state index in [1.54, 1.807) is 5.57 Å². The molecule has 0 N–H and O–H groups in total. The molecule has 1 heteroatoms. The van der Waals surface area contributed by atoms with E-state index in [1.165, 1.54) is 30.1 Å². The van der Waals surface area contributed by atoms with Crippen molar-refractivity contribution in [3.8, 4) is 0 Å². The minimum atomic E-state index is 0.363. The second-order valence-electron chi connectivity index (χ2n) is 6.94. The van der Waals surface area contributed by atoms with Gasteiger partial charge in [-0.25, -0.2) is 0 Å². The number of allylic oxidation sites excluding steroid dienone is 2. The molecule has 1 saturated carbocycles. The monoisotopic (exact) mass is 274 g/mol. The third-order valence-corrected chi connectivity index (χ3v) is 6.07. The molecule has 104 valence electrons. The molecule has 1 aromatic rings. The molecule has 0 nitrogen and oxygen atoms in total. The van der Waals surface area contributed by atoms with Gasteiger partial charge in [0.05, 0.1) is 0 Å². The Kier molecular flexibility index (Phi) is 4.21. The van der Waals surface area contributed by atoms with Crippen LogP contribution in [0.1, 0.15) is 53.9 Å². The standard InChI is InChI=1S/C18H27P/c1-14(2)16-17(3,4)12-9-13-18(16,5)19-15-10-7-6-8-11-15/h6-8,10-11,19H,9,12-13H2,1-5H3. The summed E-state index contributed by atoms with van der Waals surface area (Å²) in [5, 5.41) is 1.86. The van der Waals surface area contributed by atoms with Crippen LogP contribution in [0.5, 0.6) is 0 Å². The highest BCUT2D eigenvalue weighted by Crippen LogP contribution is 2.55. The van der Waals surface area contributed by atoms with Gasteiger partial charge in [0.1, 0.15) is 0 Å². The highest BCUT2D eigenvalue weighted by Gasteiger charge is 2.42. The molecule has 0 saturated heterocycles. The summed E-state index contributed by atoms with van der Waals surface area (Å²) in [6, 6.07) is 11.0. The highest BCUT2D eigenvalue weighted by atomic mass is 31.1. The molecule has 1 fully saturated rings. The predicted molar refractivity (Wildman–Crippen MR) is 88.8 cm³/mol. The SMILES string of the molecule is CC(C)=C1C(C)(C)CCCC1(C)Pc1ccccc1. The van der Waals surface area contributed by atoms with Crippen LogP contribution in [-0.4, -0.2) is 5.16 Å². The quantitative estimate of drug-likeness (QED) is 0.507. The van der Waals surface area contributed by atoms with Crippen molar-refractivity contribution < 1.29 is 0 Å². The van der Waals surface area contributed by atoms with E-state index in [4.69, 9.17) is 0 Å². The first kappa shape index (κ1) is 14.8. The molecular formula is C18H27P. The summed E-state index contributed by atoms with van der Waals surface area (Å²) < 4.78 is 0. The molecule has 1 aliphatic rings. The zero-order valence-corrected chi connectivity index (χ0v) is 14.0. The summed E-state index contributed by atoms with van der Waals surface area (Å²) in [6.07, 6.45) is 4.03. The minimum absolute atomic E-state index is 0.363. The first-order valence-corrected chi connectivity index (χ1v) is 8.37. The fourth-order valence-corrected chi connectivity index (χ4v) is 6.09. The molecule has 0 bridgehead atoms. The van der Waals surface area contributed by atoms with E-state index in [1.807, 2.05) is 0 Å². The lowest BCUT2D eigenvalue weighted by molar-refractivity contribution is 0.301. The van der Waals surface area contributed by atoms with Crippen LogP contribution in [0, 0.1) is 5.41 Å². The maximum Gasteiger partial charge on any atom is 0.0106 e. The van der Waals surface area contributed by atoms with Crippen LogP contribution in [0.25, 0.3) is 0 Å². The van der Waals surface area contributed by atoms with Gasteiger partial charge < -0.3 is 0 Å². The van der Waals surface area contributed by atoms with Crippen LogP contribution in [0.3, 0.4) is 0 Å². The Morgan fingerprint density at radius 2 is 1.63 bits per heavy atom. The summed E-state index contributed by atoms with van der Waals surface area (Å²) in [5.41, 5.74) is 3.62. The lowest BCUT2D eigenvalue weighted by Crippen LogP contribution is -2.38. The van der Waals surface area contributed by atoms with Gasteiger partial charge in [-0.2, -0.15) is 0 Å². The molecule has 1 aromatic carbocycles. The van der Waals surface area contributed by atoms with Crippen molar-refractivity contribution in [1.29, 1.82) is 0 Å². The predicted octanol–water partition coefficient (Wildman–Crippen LogP) is 5.30. The average molecular weight is 274 g/mol. The summed E-state index contributed by atoms with van der Waals surface area (Å²) >= 11 is 0. The molecule has 19 heavy (non-hydrogen) atoms. The summed E-state index contributed by atoms with van der Waals surface area (Å²) in [7, 11) is 0.889. The highest BCUT2D eigenvalue weighted by molar-refractivity contribution is 7.49. The van der Waals surface area contributed by atoms with Crippen LogP contribution in [0.4, 0.5) is 0 Å². The Bertz CT molecular complexity index is 466. The van der Waals surface area contributed by atoms with E-state index < -0.39 is 0 Å². The van der Waals surface area contributed by atoms with Crippen LogP contribution in [0.2, 0.25) is 0 Å². The second-order valence-corrected chi connectivity index (χ2v) is 8.87. The molecule has 2 atom stereocenters. The largest absolute Gasteiger partial charge is 0.0801 e. The lowest BCUT2D eigenvalue weighted by Gasteiger charge is -2.47. The van der Waals surface area contributed by atoms with E-state index in [-0.39, 0.29) is 0 Å². The van der Waals surface area contributed by atoms with E-state index in [9.17, 15) is 0 Å². The molecule has 0 spiro atoms. The van der Waals surface area contributed by atoms with Crippen molar-refractivity contribution in [2.75, 3.05) is 0 Å². The van der Waals surface area contributed by atoms with E-state index >= 15 is 0 Å². The lowest BCUT2D eigenvalue weighted by atomic mass is 9.66. The summed E-state index contributed by atoms with van der Waals surface area (Å²) in [4.78, 5) is 0. The van der Waals surface area contributed by atoms with E-state index in [2.05, 4.69) is 65.0 Å². The third-order valence-electron chi connectivity index (χ3n) is 4.40. The number of benzene rings is 1. The zero-order valence-electron chi connectivity index (χ0n) is 13.0. The van der Waals surface area contributed by atoms with Gasteiger partial charge in [0.2, 0.25) is 0 Å². The maximum atomic E-state index is 2.49. The normalized spacial score (nSPS) is 26.9.